The highest BCUT2D eigenvalue weighted by atomic mass is 16.6. The molecule has 1 heterocycles. The van der Waals surface area contributed by atoms with E-state index in [0.717, 1.165) is 5.69 Å². The minimum Gasteiger partial charge on any atom is -0.395 e. The zero-order valence-electron chi connectivity index (χ0n) is 11.7. The largest absolute Gasteiger partial charge is 0.395 e. The van der Waals surface area contributed by atoms with Crippen molar-refractivity contribution in [2.45, 2.75) is 0 Å². The average Bonchev–Trinajstić information content (AvgIpc) is 2.50. The molecule has 0 bridgehead atoms. The minimum absolute atomic E-state index is 0.0188. The van der Waals surface area contributed by atoms with Crippen LogP contribution in [0.15, 0.2) is 30.5 Å². The van der Waals surface area contributed by atoms with Gasteiger partial charge in [-0.1, -0.05) is 0 Å². The Hall–Kier alpha value is -2.25. The van der Waals surface area contributed by atoms with Gasteiger partial charge >= 0.3 is 0 Å². The number of aromatic nitrogens is 1. The summed E-state index contributed by atoms with van der Waals surface area (Å²) >= 11 is 0. The fourth-order valence-corrected chi connectivity index (χ4v) is 2.23. The Kier molecular flexibility index (Phi) is 5.02. The maximum Gasteiger partial charge on any atom is 0.278 e. The number of anilines is 1. The molecule has 21 heavy (non-hydrogen) atoms. The number of hydrogen-bond donors (Lipinski definition) is 1. The van der Waals surface area contributed by atoms with Crippen LogP contribution in [0.4, 0.5) is 11.4 Å². The van der Waals surface area contributed by atoms with Crippen molar-refractivity contribution in [1.29, 1.82) is 0 Å². The van der Waals surface area contributed by atoms with Gasteiger partial charge in [-0.3, -0.25) is 15.1 Å². The molecule has 0 amide bonds. The van der Waals surface area contributed by atoms with Crippen LogP contribution in [0.1, 0.15) is 0 Å². The lowest BCUT2D eigenvalue weighted by atomic mass is 10.1. The first-order valence-corrected chi connectivity index (χ1v) is 6.56. The molecular formula is C14H17N3O4. The number of ether oxygens (including phenoxy) is 1. The van der Waals surface area contributed by atoms with Crippen LogP contribution >= 0.6 is 0 Å². The highest BCUT2D eigenvalue weighted by Gasteiger charge is 2.18. The van der Waals surface area contributed by atoms with Gasteiger partial charge in [0.05, 0.1) is 29.2 Å². The number of nitrogens with zero attached hydrogens (tertiary/aromatic N) is 3. The van der Waals surface area contributed by atoms with Crippen LogP contribution in [0.25, 0.3) is 10.9 Å². The Morgan fingerprint density at radius 2 is 2.19 bits per heavy atom. The summed E-state index contributed by atoms with van der Waals surface area (Å²) in [5.41, 5.74) is 1.33. The normalized spacial score (nSPS) is 10.8. The quantitative estimate of drug-likeness (QED) is 0.615. The van der Waals surface area contributed by atoms with E-state index in [4.69, 9.17) is 4.74 Å². The van der Waals surface area contributed by atoms with Gasteiger partial charge in [0.1, 0.15) is 5.52 Å². The number of pyridine rings is 1. The van der Waals surface area contributed by atoms with Crippen molar-refractivity contribution in [2.75, 3.05) is 38.3 Å². The van der Waals surface area contributed by atoms with Crippen molar-refractivity contribution in [1.82, 2.24) is 4.98 Å². The Morgan fingerprint density at radius 3 is 2.86 bits per heavy atom. The van der Waals surface area contributed by atoms with Gasteiger partial charge in [0.25, 0.3) is 5.69 Å². The first-order valence-electron chi connectivity index (χ1n) is 6.56. The standard InChI is InChI=1S/C14H17N3O4/c1-21-10-8-16(7-9-18)13-5-4-12(17(19)20)11-3-2-6-15-14(11)13/h2-6,18H,7-10H2,1H3. The number of hydrogen-bond acceptors (Lipinski definition) is 6. The molecule has 0 spiro atoms. The van der Waals surface area contributed by atoms with E-state index < -0.39 is 4.92 Å². The molecule has 0 aliphatic heterocycles. The van der Waals surface area contributed by atoms with E-state index in [1.165, 1.54) is 6.07 Å². The molecule has 1 aromatic heterocycles. The van der Waals surface area contributed by atoms with E-state index >= 15 is 0 Å². The van der Waals surface area contributed by atoms with Crippen LogP contribution in [0.5, 0.6) is 0 Å². The third kappa shape index (κ3) is 3.26. The molecule has 7 nitrogen and oxygen atoms in total. The second-order valence-electron chi connectivity index (χ2n) is 4.46. The van der Waals surface area contributed by atoms with E-state index in [9.17, 15) is 15.2 Å². The third-order valence-electron chi connectivity index (χ3n) is 3.20. The van der Waals surface area contributed by atoms with Crippen LogP contribution in [-0.4, -0.2) is 48.4 Å². The number of fused-ring (bicyclic) bond motifs is 1. The Bertz CT molecular complexity index is 633. The number of nitro benzene ring substituents is 1. The van der Waals surface area contributed by atoms with Crippen molar-refractivity contribution in [3.63, 3.8) is 0 Å². The summed E-state index contributed by atoms with van der Waals surface area (Å²) in [6.07, 6.45) is 1.60. The summed E-state index contributed by atoms with van der Waals surface area (Å²) in [5, 5.41) is 20.8. The van der Waals surface area contributed by atoms with Gasteiger partial charge in [-0.05, 0) is 18.2 Å². The number of nitro groups is 1. The molecule has 0 saturated heterocycles. The number of aliphatic hydroxyl groups is 1. The molecule has 0 saturated carbocycles. The molecule has 112 valence electrons. The lowest BCUT2D eigenvalue weighted by Crippen LogP contribution is -2.30. The topological polar surface area (TPSA) is 88.7 Å². The minimum atomic E-state index is -0.417. The van der Waals surface area contributed by atoms with Crippen LogP contribution in [0, 0.1) is 10.1 Å². The smallest absolute Gasteiger partial charge is 0.278 e. The van der Waals surface area contributed by atoms with Gasteiger partial charge in [-0.15, -0.1) is 0 Å². The van der Waals surface area contributed by atoms with Gasteiger partial charge in [-0.2, -0.15) is 0 Å². The number of aliphatic hydroxyl groups excluding tert-OH is 1. The molecule has 0 fully saturated rings. The first-order chi connectivity index (χ1) is 10.2. The third-order valence-corrected chi connectivity index (χ3v) is 3.20. The van der Waals surface area contributed by atoms with Crippen molar-refractivity contribution < 1.29 is 14.8 Å². The predicted octanol–water partition coefficient (Wildman–Crippen LogP) is 1.59. The average molecular weight is 291 g/mol. The van der Waals surface area contributed by atoms with Crippen molar-refractivity contribution in [3.05, 3.63) is 40.6 Å². The number of methoxy groups -OCH3 is 1. The molecule has 0 radical (unpaired) electrons. The molecule has 2 aromatic rings. The molecule has 0 aliphatic rings. The summed E-state index contributed by atoms with van der Waals surface area (Å²) in [5.74, 6) is 0. The van der Waals surface area contributed by atoms with Gasteiger partial charge < -0.3 is 14.7 Å². The van der Waals surface area contributed by atoms with Crippen LogP contribution in [0.2, 0.25) is 0 Å². The zero-order chi connectivity index (χ0) is 15.2. The maximum absolute atomic E-state index is 11.1. The zero-order valence-corrected chi connectivity index (χ0v) is 11.7. The van der Waals surface area contributed by atoms with E-state index in [2.05, 4.69) is 4.98 Å². The lowest BCUT2D eigenvalue weighted by molar-refractivity contribution is -0.383. The van der Waals surface area contributed by atoms with E-state index in [1.54, 1.807) is 31.5 Å². The van der Waals surface area contributed by atoms with Gasteiger partial charge in [0.15, 0.2) is 0 Å². The van der Waals surface area contributed by atoms with E-state index in [0.29, 0.717) is 30.6 Å². The summed E-state index contributed by atoms with van der Waals surface area (Å²) in [6, 6.07) is 6.48. The van der Waals surface area contributed by atoms with Gasteiger partial charge in [0, 0.05) is 32.5 Å². The summed E-state index contributed by atoms with van der Waals surface area (Å²) < 4.78 is 5.06. The fourth-order valence-electron chi connectivity index (χ4n) is 2.23. The second kappa shape index (κ2) is 6.96. The van der Waals surface area contributed by atoms with Crippen LogP contribution in [-0.2, 0) is 4.74 Å². The monoisotopic (exact) mass is 291 g/mol. The molecule has 0 aliphatic carbocycles. The van der Waals surface area contributed by atoms with Crippen molar-refractivity contribution in [3.8, 4) is 0 Å². The Morgan fingerprint density at radius 1 is 1.38 bits per heavy atom. The summed E-state index contributed by atoms with van der Waals surface area (Å²) in [4.78, 5) is 16.9. The Labute approximate surface area is 121 Å². The second-order valence-corrected chi connectivity index (χ2v) is 4.46. The number of non-ortho nitro benzene ring substituents is 1. The lowest BCUT2D eigenvalue weighted by Gasteiger charge is -2.24. The van der Waals surface area contributed by atoms with Gasteiger partial charge in [0.2, 0.25) is 0 Å². The first kappa shape index (κ1) is 15.1. The molecular weight excluding hydrogens is 274 g/mol. The highest BCUT2D eigenvalue weighted by molar-refractivity contribution is 5.97. The fraction of sp³-hybridized carbons (Fsp3) is 0.357. The highest BCUT2D eigenvalue weighted by Crippen LogP contribution is 2.31. The predicted molar refractivity (Wildman–Crippen MR) is 79.6 cm³/mol. The molecule has 0 atom stereocenters. The molecule has 1 N–H and O–H groups in total. The summed E-state index contributed by atoms with van der Waals surface area (Å²) in [7, 11) is 1.60. The number of benzene rings is 1. The van der Waals surface area contributed by atoms with Crippen molar-refractivity contribution >= 4 is 22.3 Å². The number of rotatable bonds is 7. The van der Waals surface area contributed by atoms with Gasteiger partial charge in [-0.25, -0.2) is 0 Å². The maximum atomic E-state index is 11.1. The molecule has 7 heteroatoms. The van der Waals surface area contributed by atoms with E-state index in [1.807, 2.05) is 4.90 Å². The molecule has 1 aromatic carbocycles. The molecule has 0 unspecified atom stereocenters. The Balaban J connectivity index is 2.52. The van der Waals surface area contributed by atoms with E-state index in [-0.39, 0.29) is 12.3 Å². The SMILES string of the molecule is COCCN(CCO)c1ccc([N+](=O)[O-])c2cccnc12. The van der Waals surface area contributed by atoms with Crippen LogP contribution in [0.3, 0.4) is 0 Å². The van der Waals surface area contributed by atoms with Crippen molar-refractivity contribution in [2.24, 2.45) is 0 Å². The molecule has 2 rings (SSSR count). The van der Waals surface area contributed by atoms with Crippen LogP contribution < -0.4 is 4.90 Å². The summed E-state index contributed by atoms with van der Waals surface area (Å²) in [6.45, 7) is 1.45.